The predicted octanol–water partition coefficient (Wildman–Crippen LogP) is 3.04. The molecule has 1 aliphatic rings. The third-order valence-electron chi connectivity index (χ3n) is 3.38. The number of halogens is 1. The van der Waals surface area contributed by atoms with Crippen molar-refractivity contribution in [2.45, 2.75) is 25.3 Å². The molecule has 1 fully saturated rings. The Balaban J connectivity index is 2.24. The highest BCUT2D eigenvalue weighted by Gasteiger charge is 2.23. The summed E-state index contributed by atoms with van der Waals surface area (Å²) >= 11 is 6.01. The van der Waals surface area contributed by atoms with Crippen LogP contribution in [0.5, 0.6) is 0 Å². The standard InChI is InChI=1S/C13H15ClN2O/c1-9-3-2-4-11-13(9)16(12(7-14)15-11)10-5-6-17-8-10/h2-4,10H,5-8H2,1H3. The lowest BCUT2D eigenvalue weighted by atomic mass is 10.2. The SMILES string of the molecule is Cc1cccc2nc(CCl)n(C3CCOC3)c12. The number of hydrogen-bond acceptors (Lipinski definition) is 2. The largest absolute Gasteiger partial charge is 0.379 e. The summed E-state index contributed by atoms with van der Waals surface area (Å²) in [7, 11) is 0. The highest BCUT2D eigenvalue weighted by molar-refractivity contribution is 6.16. The first-order chi connectivity index (χ1) is 8.31. The van der Waals surface area contributed by atoms with Gasteiger partial charge in [-0.1, -0.05) is 12.1 Å². The molecule has 1 aliphatic heterocycles. The number of ether oxygens (including phenoxy) is 1. The van der Waals surface area contributed by atoms with Crippen LogP contribution >= 0.6 is 11.6 Å². The van der Waals surface area contributed by atoms with Gasteiger partial charge in [0.05, 0.1) is 29.6 Å². The van der Waals surface area contributed by atoms with Crippen LogP contribution in [0.1, 0.15) is 23.9 Å². The molecule has 2 heterocycles. The van der Waals surface area contributed by atoms with Gasteiger partial charge in [0, 0.05) is 6.61 Å². The molecular weight excluding hydrogens is 236 g/mol. The van der Waals surface area contributed by atoms with Gasteiger partial charge in [0.25, 0.3) is 0 Å². The summed E-state index contributed by atoms with van der Waals surface area (Å²) in [4.78, 5) is 4.61. The fourth-order valence-corrected chi connectivity index (χ4v) is 2.77. The van der Waals surface area contributed by atoms with E-state index >= 15 is 0 Å². The van der Waals surface area contributed by atoms with E-state index < -0.39 is 0 Å². The first-order valence-electron chi connectivity index (χ1n) is 5.91. The average molecular weight is 251 g/mol. The van der Waals surface area contributed by atoms with E-state index in [0.29, 0.717) is 11.9 Å². The molecule has 1 unspecified atom stereocenters. The molecule has 17 heavy (non-hydrogen) atoms. The molecule has 3 nitrogen and oxygen atoms in total. The zero-order chi connectivity index (χ0) is 11.8. The van der Waals surface area contributed by atoms with Crippen LogP contribution in [0, 0.1) is 6.92 Å². The van der Waals surface area contributed by atoms with E-state index in [9.17, 15) is 0 Å². The number of para-hydroxylation sites is 1. The normalized spacial score (nSPS) is 20.2. The van der Waals surface area contributed by atoms with Gasteiger partial charge in [-0.05, 0) is 25.0 Å². The number of alkyl halides is 1. The lowest BCUT2D eigenvalue weighted by Crippen LogP contribution is -2.12. The van der Waals surface area contributed by atoms with Crippen LogP contribution in [-0.4, -0.2) is 22.8 Å². The maximum absolute atomic E-state index is 6.01. The molecule has 0 aliphatic carbocycles. The van der Waals surface area contributed by atoms with Gasteiger partial charge in [-0.15, -0.1) is 11.6 Å². The smallest absolute Gasteiger partial charge is 0.125 e. The Bertz CT molecular complexity index is 544. The van der Waals surface area contributed by atoms with E-state index in [0.717, 1.165) is 31.0 Å². The van der Waals surface area contributed by atoms with Crippen molar-refractivity contribution < 1.29 is 4.74 Å². The van der Waals surface area contributed by atoms with E-state index in [1.807, 2.05) is 12.1 Å². The van der Waals surface area contributed by atoms with Crippen molar-refractivity contribution in [1.82, 2.24) is 9.55 Å². The zero-order valence-electron chi connectivity index (χ0n) is 9.82. The molecule has 0 saturated carbocycles. The number of aromatic nitrogens is 2. The van der Waals surface area contributed by atoms with Crippen LogP contribution in [0.15, 0.2) is 18.2 Å². The summed E-state index contributed by atoms with van der Waals surface area (Å²) in [6.07, 6.45) is 1.05. The Morgan fingerprint density at radius 1 is 1.53 bits per heavy atom. The number of rotatable bonds is 2. The second-order valence-corrected chi connectivity index (χ2v) is 4.76. The maximum atomic E-state index is 6.01. The average Bonchev–Trinajstić information content (AvgIpc) is 2.95. The van der Waals surface area contributed by atoms with Crippen molar-refractivity contribution >= 4 is 22.6 Å². The number of fused-ring (bicyclic) bond motifs is 1. The van der Waals surface area contributed by atoms with Crippen molar-refractivity contribution in [3.05, 3.63) is 29.6 Å². The molecule has 0 radical (unpaired) electrons. The minimum absolute atomic E-state index is 0.384. The number of imidazole rings is 1. The second-order valence-electron chi connectivity index (χ2n) is 4.49. The summed E-state index contributed by atoms with van der Waals surface area (Å²) in [5.74, 6) is 1.40. The molecule has 0 N–H and O–H groups in total. The molecule has 1 aromatic carbocycles. The molecule has 0 bridgehead atoms. The van der Waals surface area contributed by atoms with Gasteiger partial charge in [0.2, 0.25) is 0 Å². The lowest BCUT2D eigenvalue weighted by Gasteiger charge is -2.15. The molecular formula is C13H15ClN2O. The third-order valence-corrected chi connectivity index (χ3v) is 3.61. The summed E-state index contributed by atoms with van der Waals surface area (Å²) < 4.78 is 7.75. The Morgan fingerprint density at radius 2 is 2.41 bits per heavy atom. The zero-order valence-corrected chi connectivity index (χ0v) is 10.6. The minimum atomic E-state index is 0.384. The van der Waals surface area contributed by atoms with Crippen LogP contribution in [-0.2, 0) is 10.6 Å². The van der Waals surface area contributed by atoms with Crippen LogP contribution in [0.4, 0.5) is 0 Å². The summed E-state index contributed by atoms with van der Waals surface area (Å²) in [5.41, 5.74) is 3.49. The Hall–Kier alpha value is -1.06. The van der Waals surface area contributed by atoms with E-state index in [4.69, 9.17) is 16.3 Å². The quantitative estimate of drug-likeness (QED) is 0.766. The van der Waals surface area contributed by atoms with Gasteiger partial charge in [0.15, 0.2) is 0 Å². The number of nitrogens with zero attached hydrogens (tertiary/aromatic N) is 2. The Kier molecular flexibility index (Phi) is 2.81. The minimum Gasteiger partial charge on any atom is -0.379 e. The molecule has 2 aromatic rings. The van der Waals surface area contributed by atoms with Crippen molar-refractivity contribution in [3.63, 3.8) is 0 Å². The number of hydrogen-bond donors (Lipinski definition) is 0. The van der Waals surface area contributed by atoms with E-state index in [1.165, 1.54) is 11.1 Å². The molecule has 4 heteroatoms. The third kappa shape index (κ3) is 1.74. The van der Waals surface area contributed by atoms with Gasteiger partial charge in [-0.3, -0.25) is 0 Å². The summed E-state index contributed by atoms with van der Waals surface area (Å²) in [6, 6.07) is 6.59. The Morgan fingerprint density at radius 3 is 3.12 bits per heavy atom. The first kappa shape index (κ1) is 11.1. The first-order valence-corrected chi connectivity index (χ1v) is 6.45. The van der Waals surface area contributed by atoms with Gasteiger partial charge in [-0.2, -0.15) is 0 Å². The van der Waals surface area contributed by atoms with Gasteiger partial charge < -0.3 is 9.30 Å². The monoisotopic (exact) mass is 250 g/mol. The molecule has 1 aromatic heterocycles. The van der Waals surface area contributed by atoms with E-state index in [-0.39, 0.29) is 0 Å². The molecule has 0 amide bonds. The van der Waals surface area contributed by atoms with Crippen LogP contribution in [0.2, 0.25) is 0 Å². The van der Waals surface area contributed by atoms with Gasteiger partial charge in [0.1, 0.15) is 5.82 Å². The highest BCUT2D eigenvalue weighted by Crippen LogP contribution is 2.29. The number of benzene rings is 1. The van der Waals surface area contributed by atoms with Crippen molar-refractivity contribution in [2.24, 2.45) is 0 Å². The molecule has 3 rings (SSSR count). The molecule has 90 valence electrons. The molecule has 1 atom stereocenters. The van der Waals surface area contributed by atoms with Crippen molar-refractivity contribution in [3.8, 4) is 0 Å². The predicted molar refractivity (Wildman–Crippen MR) is 68.5 cm³/mol. The van der Waals surface area contributed by atoms with Gasteiger partial charge >= 0.3 is 0 Å². The van der Waals surface area contributed by atoms with E-state index in [1.54, 1.807) is 0 Å². The summed E-state index contributed by atoms with van der Waals surface area (Å²) in [6.45, 7) is 3.72. The van der Waals surface area contributed by atoms with Gasteiger partial charge in [-0.25, -0.2) is 4.98 Å². The lowest BCUT2D eigenvalue weighted by molar-refractivity contribution is 0.187. The van der Waals surface area contributed by atoms with E-state index in [2.05, 4.69) is 22.5 Å². The van der Waals surface area contributed by atoms with Crippen LogP contribution < -0.4 is 0 Å². The number of aryl methyl sites for hydroxylation is 1. The Labute approximate surface area is 105 Å². The fraction of sp³-hybridized carbons (Fsp3) is 0.462. The maximum Gasteiger partial charge on any atom is 0.125 e. The summed E-state index contributed by atoms with van der Waals surface area (Å²) in [5, 5.41) is 0. The van der Waals surface area contributed by atoms with Crippen LogP contribution in [0.25, 0.3) is 11.0 Å². The second kappa shape index (κ2) is 4.31. The molecule has 0 spiro atoms. The van der Waals surface area contributed by atoms with Crippen LogP contribution in [0.3, 0.4) is 0 Å². The fourth-order valence-electron chi connectivity index (χ4n) is 2.58. The molecule has 1 saturated heterocycles. The van der Waals surface area contributed by atoms with Crippen molar-refractivity contribution in [1.29, 1.82) is 0 Å². The van der Waals surface area contributed by atoms with Crippen molar-refractivity contribution in [2.75, 3.05) is 13.2 Å². The topological polar surface area (TPSA) is 27.1 Å². The highest BCUT2D eigenvalue weighted by atomic mass is 35.5.